The fourth-order valence-electron chi connectivity index (χ4n) is 4.01. The summed E-state index contributed by atoms with van der Waals surface area (Å²) >= 11 is 0. The number of amides is 1. The van der Waals surface area contributed by atoms with Gasteiger partial charge in [-0.15, -0.1) is 0 Å². The van der Waals surface area contributed by atoms with Crippen LogP contribution in [0.3, 0.4) is 0 Å². The van der Waals surface area contributed by atoms with Crippen LogP contribution in [0, 0.1) is 6.92 Å². The van der Waals surface area contributed by atoms with E-state index in [1.165, 1.54) is 13.2 Å². The zero-order valence-corrected chi connectivity index (χ0v) is 24.1. The minimum absolute atomic E-state index is 0.126. The molecule has 1 N–H and O–H groups in total. The molecule has 4 rings (SSSR count). The Morgan fingerprint density at radius 2 is 1.80 bits per heavy atom. The molecule has 0 aliphatic heterocycles. The van der Waals surface area contributed by atoms with E-state index in [9.17, 15) is 18.0 Å². The highest BCUT2D eigenvalue weighted by Crippen LogP contribution is 2.23. The maximum absolute atomic E-state index is 13.4. The third kappa shape index (κ3) is 6.28. The number of aromatic nitrogens is 4. The summed E-state index contributed by atoms with van der Waals surface area (Å²) < 4.78 is 30.9. The number of nitrogens with one attached hydrogen (secondary N) is 1. The summed E-state index contributed by atoms with van der Waals surface area (Å²) in [6, 6.07) is 14.4. The van der Waals surface area contributed by atoms with E-state index in [1.807, 2.05) is 52.0 Å². The normalized spacial score (nSPS) is 11.8. The Kier molecular flexibility index (Phi) is 7.92. The van der Waals surface area contributed by atoms with Crippen LogP contribution >= 0.6 is 0 Å². The molecule has 4 aromatic rings. The lowest BCUT2D eigenvalue weighted by molar-refractivity contribution is 0.0925. The number of rotatable bonds is 9. The van der Waals surface area contributed by atoms with E-state index in [-0.39, 0.29) is 34.8 Å². The molecule has 2 aromatic carbocycles. The number of hydrogen-bond donors (Lipinski definition) is 1. The minimum atomic E-state index is -3.52. The molecular weight excluding hydrogens is 532 g/mol. The van der Waals surface area contributed by atoms with Gasteiger partial charge in [0.1, 0.15) is 5.69 Å². The van der Waals surface area contributed by atoms with Gasteiger partial charge in [0.05, 0.1) is 23.6 Å². The van der Waals surface area contributed by atoms with Crippen LogP contribution in [0.2, 0.25) is 0 Å². The predicted octanol–water partition coefficient (Wildman–Crippen LogP) is 3.60. The topological polar surface area (TPSA) is 140 Å². The fraction of sp³-hybridized carbons (Fsp3) is 0.321. The zero-order chi connectivity index (χ0) is 29.2. The molecule has 0 aliphatic carbocycles. The van der Waals surface area contributed by atoms with E-state index in [0.717, 1.165) is 21.7 Å². The van der Waals surface area contributed by atoms with Crippen molar-refractivity contribution < 1.29 is 22.5 Å². The molecule has 1 amide bonds. The second-order valence-electron chi connectivity index (χ2n) is 10.5. The standard InChI is InChI=1S/C28H32N6O5S/c1-18-8-7-9-21(16-18)24(35)22-17-30-34(28(2,3)4)23(22)26(36)29-15-14-19-10-12-20(13-11-19)25-31-27(39-32-25)33(5)40(6,37)38/h7-13,16-17H,14-15H2,1-6H3,(H,29,36). The van der Waals surface area contributed by atoms with E-state index in [2.05, 4.69) is 20.6 Å². The average molecular weight is 565 g/mol. The van der Waals surface area contributed by atoms with Crippen LogP contribution in [-0.4, -0.2) is 59.9 Å². The molecule has 0 saturated carbocycles. The predicted molar refractivity (Wildman–Crippen MR) is 151 cm³/mol. The Morgan fingerprint density at radius 3 is 2.42 bits per heavy atom. The molecule has 40 heavy (non-hydrogen) atoms. The van der Waals surface area contributed by atoms with Gasteiger partial charge < -0.3 is 9.84 Å². The Hall–Kier alpha value is -4.32. The van der Waals surface area contributed by atoms with Crippen molar-refractivity contribution in [3.63, 3.8) is 0 Å². The van der Waals surface area contributed by atoms with E-state index in [4.69, 9.17) is 4.52 Å². The van der Waals surface area contributed by atoms with Gasteiger partial charge in [0.25, 0.3) is 5.91 Å². The van der Waals surface area contributed by atoms with Gasteiger partial charge in [0.2, 0.25) is 15.8 Å². The van der Waals surface area contributed by atoms with Gasteiger partial charge in [-0.2, -0.15) is 10.1 Å². The molecule has 0 unspecified atom stereocenters. The highest BCUT2D eigenvalue weighted by atomic mass is 32.2. The number of carbonyl (C=O) groups is 2. The van der Waals surface area contributed by atoms with Crippen molar-refractivity contribution >= 4 is 27.7 Å². The van der Waals surface area contributed by atoms with Crippen molar-refractivity contribution in [1.29, 1.82) is 0 Å². The van der Waals surface area contributed by atoms with Crippen molar-refractivity contribution in [3.05, 3.63) is 82.7 Å². The molecule has 2 aromatic heterocycles. The molecule has 0 spiro atoms. The number of benzene rings is 2. The monoisotopic (exact) mass is 564 g/mol. The molecule has 0 radical (unpaired) electrons. The second-order valence-corrected chi connectivity index (χ2v) is 12.5. The van der Waals surface area contributed by atoms with Crippen LogP contribution in [0.15, 0.2) is 59.3 Å². The second kappa shape index (κ2) is 11.0. The van der Waals surface area contributed by atoms with Crippen molar-refractivity contribution in [3.8, 4) is 11.4 Å². The first-order chi connectivity index (χ1) is 18.8. The van der Waals surface area contributed by atoms with Crippen LogP contribution in [0.25, 0.3) is 11.4 Å². The van der Waals surface area contributed by atoms with Gasteiger partial charge in [0.15, 0.2) is 5.78 Å². The lowest BCUT2D eigenvalue weighted by Crippen LogP contribution is -2.34. The maximum Gasteiger partial charge on any atom is 0.337 e. The SMILES string of the molecule is Cc1cccc(C(=O)c2cnn(C(C)(C)C)c2C(=O)NCCc2ccc(-c3noc(N(C)S(C)(=O)=O)n3)cc2)c1. The van der Waals surface area contributed by atoms with Gasteiger partial charge in [-0.3, -0.25) is 14.3 Å². The van der Waals surface area contributed by atoms with E-state index >= 15 is 0 Å². The highest BCUT2D eigenvalue weighted by molar-refractivity contribution is 7.92. The number of anilines is 1. The molecule has 0 bridgehead atoms. The summed E-state index contributed by atoms with van der Waals surface area (Å²) in [7, 11) is -2.19. The smallest absolute Gasteiger partial charge is 0.337 e. The summed E-state index contributed by atoms with van der Waals surface area (Å²) in [6.07, 6.45) is 3.04. The van der Waals surface area contributed by atoms with Crippen LogP contribution in [0.1, 0.15) is 58.3 Å². The average Bonchev–Trinajstić information content (AvgIpc) is 3.56. The summed E-state index contributed by atoms with van der Waals surface area (Å²) in [4.78, 5) is 30.8. The van der Waals surface area contributed by atoms with Gasteiger partial charge in [-0.05, 0) is 45.7 Å². The molecule has 11 nitrogen and oxygen atoms in total. The van der Waals surface area contributed by atoms with E-state index < -0.39 is 15.6 Å². The van der Waals surface area contributed by atoms with Crippen molar-refractivity contribution in [2.45, 2.75) is 39.7 Å². The molecule has 0 atom stereocenters. The summed E-state index contributed by atoms with van der Waals surface area (Å²) in [5, 5.41) is 11.2. The van der Waals surface area contributed by atoms with E-state index in [0.29, 0.717) is 24.1 Å². The van der Waals surface area contributed by atoms with Gasteiger partial charge in [0, 0.05) is 24.7 Å². The molecule has 0 saturated heterocycles. The van der Waals surface area contributed by atoms with Crippen LogP contribution in [0.4, 0.5) is 6.01 Å². The molecule has 210 valence electrons. The van der Waals surface area contributed by atoms with Gasteiger partial charge in [-0.25, -0.2) is 12.7 Å². The van der Waals surface area contributed by atoms with Crippen LogP contribution < -0.4 is 9.62 Å². The first-order valence-electron chi connectivity index (χ1n) is 12.6. The zero-order valence-electron chi connectivity index (χ0n) is 23.3. The molecule has 12 heteroatoms. The highest BCUT2D eigenvalue weighted by Gasteiger charge is 2.29. The van der Waals surface area contributed by atoms with Crippen molar-refractivity contribution in [1.82, 2.24) is 25.2 Å². The number of carbonyl (C=O) groups excluding carboxylic acids is 2. The minimum Gasteiger partial charge on any atom is -0.350 e. The third-order valence-corrected chi connectivity index (χ3v) is 7.39. The first kappa shape index (κ1) is 28.7. The Morgan fingerprint density at radius 1 is 1.10 bits per heavy atom. The maximum atomic E-state index is 13.4. The summed E-state index contributed by atoms with van der Waals surface area (Å²) in [6.45, 7) is 8.01. The summed E-state index contributed by atoms with van der Waals surface area (Å²) in [5.74, 6) is -0.381. The molecule has 0 aliphatic rings. The number of aryl methyl sites for hydroxylation is 1. The van der Waals surface area contributed by atoms with Crippen molar-refractivity contribution in [2.75, 3.05) is 24.2 Å². The lowest BCUT2D eigenvalue weighted by atomic mass is 10.0. The molecule has 2 heterocycles. The quantitative estimate of drug-likeness (QED) is 0.304. The molecular formula is C28H32N6O5S. The third-order valence-electron chi connectivity index (χ3n) is 6.24. The van der Waals surface area contributed by atoms with E-state index in [1.54, 1.807) is 28.9 Å². The number of hydrogen-bond acceptors (Lipinski definition) is 8. The lowest BCUT2D eigenvalue weighted by Gasteiger charge is -2.22. The largest absolute Gasteiger partial charge is 0.350 e. The van der Waals surface area contributed by atoms with Crippen molar-refractivity contribution in [2.24, 2.45) is 0 Å². The van der Waals surface area contributed by atoms with Gasteiger partial charge >= 0.3 is 6.01 Å². The van der Waals surface area contributed by atoms with Crippen LogP contribution in [0.5, 0.6) is 0 Å². The number of ketones is 1. The number of nitrogens with zero attached hydrogens (tertiary/aromatic N) is 5. The van der Waals surface area contributed by atoms with Gasteiger partial charge in [-0.1, -0.05) is 53.2 Å². The van der Waals surface area contributed by atoms with Crippen LogP contribution in [-0.2, 0) is 22.0 Å². The molecule has 0 fully saturated rings. The Balaban J connectivity index is 1.46. The first-order valence-corrected chi connectivity index (χ1v) is 14.5. The Labute approximate surface area is 233 Å². The summed E-state index contributed by atoms with van der Waals surface area (Å²) in [5.41, 5.74) is 3.01. The number of sulfonamides is 1. The fourth-order valence-corrected chi connectivity index (χ4v) is 4.37. The Bertz CT molecular complexity index is 1650.